The molecule has 2 fully saturated rings. The molecule has 1 saturated heterocycles. The molecule has 6 nitrogen and oxygen atoms in total. The zero-order chi connectivity index (χ0) is 21.3. The Morgan fingerprint density at radius 2 is 1.97 bits per heavy atom. The number of carbonyl (C=O) groups is 2. The van der Waals surface area contributed by atoms with Gasteiger partial charge in [0.05, 0.1) is 23.7 Å². The predicted octanol–water partition coefficient (Wildman–Crippen LogP) is 4.50. The van der Waals surface area contributed by atoms with Crippen molar-refractivity contribution < 1.29 is 19.4 Å². The van der Waals surface area contributed by atoms with Crippen LogP contribution in [0.2, 0.25) is 5.02 Å². The summed E-state index contributed by atoms with van der Waals surface area (Å²) < 4.78 is 5.16. The summed E-state index contributed by atoms with van der Waals surface area (Å²) in [4.78, 5) is 32.0. The van der Waals surface area contributed by atoms with Gasteiger partial charge in [0, 0.05) is 24.0 Å². The standard InChI is InChI=1S/C23H23ClN2O4/c1-30-18-10-9-14(12-17(18)24)21(27)19-20(15-6-5-11-25-13-15)26(23(29)22(19)28)16-7-3-2-4-8-16/h5-6,9-13,16,20,27H,2-4,7-8H2,1H3/b21-19-. The predicted molar refractivity (Wildman–Crippen MR) is 113 cm³/mol. The Labute approximate surface area is 180 Å². The summed E-state index contributed by atoms with van der Waals surface area (Å²) in [5.41, 5.74) is 1.12. The first-order valence-electron chi connectivity index (χ1n) is 10.1. The maximum absolute atomic E-state index is 13.1. The normalized spacial score (nSPS) is 21.8. The van der Waals surface area contributed by atoms with Crippen LogP contribution in [0.15, 0.2) is 48.3 Å². The number of pyridine rings is 1. The highest BCUT2D eigenvalue weighted by molar-refractivity contribution is 6.46. The summed E-state index contributed by atoms with van der Waals surface area (Å²) >= 11 is 6.22. The molecule has 0 bridgehead atoms. The lowest BCUT2D eigenvalue weighted by Gasteiger charge is -2.35. The second-order valence-corrected chi connectivity index (χ2v) is 8.04. The van der Waals surface area contributed by atoms with Crippen LogP contribution in [0.5, 0.6) is 5.75 Å². The number of methoxy groups -OCH3 is 1. The molecule has 1 aromatic heterocycles. The van der Waals surface area contributed by atoms with Crippen LogP contribution in [0.25, 0.3) is 5.76 Å². The highest BCUT2D eigenvalue weighted by atomic mass is 35.5. The van der Waals surface area contributed by atoms with Gasteiger partial charge >= 0.3 is 0 Å². The Bertz CT molecular complexity index is 1000. The van der Waals surface area contributed by atoms with Crippen molar-refractivity contribution in [1.82, 2.24) is 9.88 Å². The van der Waals surface area contributed by atoms with Crippen LogP contribution in [0.1, 0.15) is 49.3 Å². The van der Waals surface area contributed by atoms with Crippen LogP contribution in [0.3, 0.4) is 0 Å². The zero-order valence-electron chi connectivity index (χ0n) is 16.7. The largest absolute Gasteiger partial charge is 0.507 e. The van der Waals surface area contributed by atoms with Gasteiger partial charge in [0.15, 0.2) is 0 Å². The van der Waals surface area contributed by atoms with Crippen LogP contribution in [0, 0.1) is 0 Å². The molecule has 1 aliphatic carbocycles. The van der Waals surface area contributed by atoms with Gasteiger partial charge in [-0.3, -0.25) is 14.6 Å². The Morgan fingerprint density at radius 3 is 2.60 bits per heavy atom. The molecular formula is C23H23ClN2O4. The topological polar surface area (TPSA) is 79.7 Å². The molecule has 156 valence electrons. The van der Waals surface area contributed by atoms with Gasteiger partial charge in [-0.1, -0.05) is 36.9 Å². The van der Waals surface area contributed by atoms with E-state index < -0.39 is 17.7 Å². The van der Waals surface area contributed by atoms with Gasteiger partial charge in [-0.15, -0.1) is 0 Å². The van der Waals surface area contributed by atoms with Crippen molar-refractivity contribution in [2.75, 3.05) is 7.11 Å². The van der Waals surface area contributed by atoms with E-state index >= 15 is 0 Å². The van der Waals surface area contributed by atoms with E-state index in [9.17, 15) is 14.7 Å². The fraction of sp³-hybridized carbons (Fsp3) is 0.348. The highest BCUT2D eigenvalue weighted by Gasteiger charge is 2.48. The monoisotopic (exact) mass is 426 g/mol. The average Bonchev–Trinajstić information content (AvgIpc) is 3.05. The molecule has 0 spiro atoms. The number of aliphatic hydroxyl groups is 1. The Hall–Kier alpha value is -2.86. The lowest BCUT2D eigenvalue weighted by atomic mass is 9.91. The molecule has 7 heteroatoms. The van der Waals surface area contributed by atoms with Gasteiger partial charge in [0.25, 0.3) is 11.7 Å². The van der Waals surface area contributed by atoms with Gasteiger partial charge in [-0.2, -0.15) is 0 Å². The van der Waals surface area contributed by atoms with Crippen LogP contribution in [0.4, 0.5) is 0 Å². The second kappa shape index (κ2) is 8.48. The lowest BCUT2D eigenvalue weighted by Crippen LogP contribution is -2.40. The highest BCUT2D eigenvalue weighted by Crippen LogP contribution is 2.43. The van der Waals surface area contributed by atoms with E-state index in [2.05, 4.69) is 4.98 Å². The summed E-state index contributed by atoms with van der Waals surface area (Å²) in [7, 11) is 1.50. The number of hydrogen-bond donors (Lipinski definition) is 1. The van der Waals surface area contributed by atoms with E-state index in [-0.39, 0.29) is 17.4 Å². The van der Waals surface area contributed by atoms with E-state index in [1.807, 2.05) is 6.07 Å². The Kier molecular flexibility index (Phi) is 5.77. The maximum atomic E-state index is 13.1. The molecule has 1 saturated carbocycles. The number of carbonyl (C=O) groups excluding carboxylic acids is 2. The first-order valence-corrected chi connectivity index (χ1v) is 10.4. The fourth-order valence-electron chi connectivity index (χ4n) is 4.42. The number of ether oxygens (including phenoxy) is 1. The van der Waals surface area contributed by atoms with Crippen LogP contribution < -0.4 is 4.74 Å². The van der Waals surface area contributed by atoms with E-state index in [0.29, 0.717) is 21.9 Å². The minimum absolute atomic E-state index is 0.0369. The van der Waals surface area contributed by atoms with Crippen LogP contribution >= 0.6 is 11.6 Å². The number of nitrogens with zero attached hydrogens (tertiary/aromatic N) is 2. The SMILES string of the molecule is COc1ccc(/C(O)=C2/C(=O)C(=O)N(C3CCCCC3)C2c2cccnc2)cc1Cl. The molecule has 1 atom stereocenters. The number of aromatic nitrogens is 1. The van der Waals surface area contributed by atoms with Crippen molar-refractivity contribution in [2.24, 2.45) is 0 Å². The molecule has 0 radical (unpaired) electrons. The van der Waals surface area contributed by atoms with E-state index in [1.54, 1.807) is 35.5 Å². The molecule has 1 N–H and O–H groups in total. The zero-order valence-corrected chi connectivity index (χ0v) is 17.4. The van der Waals surface area contributed by atoms with Crippen LogP contribution in [-0.2, 0) is 9.59 Å². The van der Waals surface area contributed by atoms with Crippen molar-refractivity contribution in [3.8, 4) is 5.75 Å². The molecule has 1 amide bonds. The van der Waals surface area contributed by atoms with Gasteiger partial charge in [-0.25, -0.2) is 0 Å². The third-order valence-corrected chi connectivity index (χ3v) is 6.17. The summed E-state index contributed by atoms with van der Waals surface area (Å²) in [5.74, 6) is -1.04. The summed E-state index contributed by atoms with van der Waals surface area (Å²) in [6.07, 6.45) is 8.13. The smallest absolute Gasteiger partial charge is 0.295 e. The van der Waals surface area contributed by atoms with Crippen molar-refractivity contribution in [1.29, 1.82) is 0 Å². The van der Waals surface area contributed by atoms with Crippen molar-refractivity contribution in [3.63, 3.8) is 0 Å². The summed E-state index contributed by atoms with van der Waals surface area (Å²) in [5, 5.41) is 11.4. The van der Waals surface area contributed by atoms with E-state index in [0.717, 1.165) is 32.1 Å². The molecule has 2 aromatic rings. The average molecular weight is 427 g/mol. The molecule has 30 heavy (non-hydrogen) atoms. The molecule has 1 aromatic carbocycles. The first kappa shape index (κ1) is 20.4. The van der Waals surface area contributed by atoms with Gasteiger partial charge in [-0.05, 0) is 42.7 Å². The summed E-state index contributed by atoms with van der Waals surface area (Å²) in [6, 6.07) is 7.65. The molecule has 1 aliphatic heterocycles. The number of rotatable bonds is 4. The Morgan fingerprint density at radius 1 is 1.20 bits per heavy atom. The third-order valence-electron chi connectivity index (χ3n) is 5.87. The number of Topliss-reactive ketones (excluding diaryl/α,β-unsaturated/α-hetero) is 1. The number of halogens is 1. The molecular weight excluding hydrogens is 404 g/mol. The second-order valence-electron chi connectivity index (χ2n) is 7.63. The number of aliphatic hydroxyl groups excluding tert-OH is 1. The fourth-order valence-corrected chi connectivity index (χ4v) is 4.68. The molecule has 4 rings (SSSR count). The minimum Gasteiger partial charge on any atom is -0.507 e. The van der Waals surface area contributed by atoms with Gasteiger partial charge in [0.1, 0.15) is 11.5 Å². The van der Waals surface area contributed by atoms with E-state index in [4.69, 9.17) is 16.3 Å². The number of likely N-dealkylation sites (tertiary alicyclic amines) is 1. The summed E-state index contributed by atoms with van der Waals surface area (Å²) in [6.45, 7) is 0. The molecule has 1 unspecified atom stereocenters. The molecule has 2 heterocycles. The third kappa shape index (κ3) is 3.56. The van der Waals surface area contributed by atoms with Gasteiger partial charge in [0.2, 0.25) is 0 Å². The number of hydrogen-bond acceptors (Lipinski definition) is 5. The quantitative estimate of drug-likeness (QED) is 0.442. The number of amides is 1. The first-order chi connectivity index (χ1) is 14.5. The number of ketones is 1. The lowest BCUT2D eigenvalue weighted by molar-refractivity contribution is -0.141. The van der Waals surface area contributed by atoms with Crippen molar-refractivity contribution >= 4 is 29.1 Å². The van der Waals surface area contributed by atoms with Crippen LogP contribution in [-0.4, -0.2) is 39.8 Å². The van der Waals surface area contributed by atoms with Crippen molar-refractivity contribution in [2.45, 2.75) is 44.2 Å². The maximum Gasteiger partial charge on any atom is 0.295 e. The number of benzene rings is 1. The van der Waals surface area contributed by atoms with Crippen molar-refractivity contribution in [3.05, 3.63) is 64.4 Å². The van der Waals surface area contributed by atoms with E-state index in [1.165, 1.54) is 13.2 Å². The molecule has 2 aliphatic rings. The Balaban J connectivity index is 1.85. The van der Waals surface area contributed by atoms with Gasteiger partial charge < -0.3 is 14.7 Å². The minimum atomic E-state index is -0.682.